The molecular weight excluding hydrogens is 280 g/mol. The highest BCUT2D eigenvalue weighted by atomic mass is 32.2. The minimum absolute atomic E-state index is 0.106. The third-order valence-corrected chi connectivity index (χ3v) is 4.05. The average molecular weight is 300 g/mol. The van der Waals surface area contributed by atoms with E-state index in [1.54, 1.807) is 18.0 Å². The number of hydrogen-bond donors (Lipinski definition) is 2. The lowest BCUT2D eigenvalue weighted by atomic mass is 10.1. The van der Waals surface area contributed by atoms with E-state index in [0.717, 1.165) is 27.6 Å². The molecule has 1 aromatic carbocycles. The highest BCUT2D eigenvalue weighted by molar-refractivity contribution is 7.99. The molecule has 0 aliphatic carbocycles. The highest BCUT2D eigenvalue weighted by Crippen LogP contribution is 2.30. The van der Waals surface area contributed by atoms with E-state index in [0.29, 0.717) is 6.54 Å². The van der Waals surface area contributed by atoms with Crippen LogP contribution in [0.25, 0.3) is 0 Å². The maximum absolute atomic E-state index is 7.89. The Kier molecular flexibility index (Phi) is 5.22. The molecule has 110 valence electrons. The molecule has 3 N–H and O–H groups in total. The van der Waals surface area contributed by atoms with Crippen molar-refractivity contribution in [2.24, 2.45) is 5.73 Å². The van der Waals surface area contributed by atoms with Crippen LogP contribution in [0.2, 0.25) is 0 Å². The Morgan fingerprint density at radius 2 is 2.10 bits per heavy atom. The molecule has 0 unspecified atom stereocenters. The van der Waals surface area contributed by atoms with Crippen LogP contribution in [0, 0.1) is 5.41 Å². The van der Waals surface area contributed by atoms with Crippen LogP contribution < -0.4 is 10.6 Å². The van der Waals surface area contributed by atoms with Crippen LogP contribution in [-0.2, 0) is 6.54 Å². The van der Waals surface area contributed by atoms with Gasteiger partial charge >= 0.3 is 0 Å². The molecule has 0 saturated heterocycles. The SMILES string of the molecule is CCSc1cccc(N(C)Cc2ccccn2)c1C(=N)N. The van der Waals surface area contributed by atoms with E-state index in [2.05, 4.69) is 16.8 Å². The molecular formula is C16H20N4S. The van der Waals surface area contributed by atoms with Gasteiger partial charge in [0.15, 0.2) is 0 Å². The zero-order chi connectivity index (χ0) is 15.2. The van der Waals surface area contributed by atoms with Crippen molar-refractivity contribution in [1.29, 1.82) is 5.41 Å². The summed E-state index contributed by atoms with van der Waals surface area (Å²) in [5, 5.41) is 7.89. The maximum atomic E-state index is 7.89. The van der Waals surface area contributed by atoms with Crippen molar-refractivity contribution in [2.45, 2.75) is 18.4 Å². The van der Waals surface area contributed by atoms with Crippen LogP contribution in [0.4, 0.5) is 5.69 Å². The summed E-state index contributed by atoms with van der Waals surface area (Å²) in [6.07, 6.45) is 1.79. The van der Waals surface area contributed by atoms with Gasteiger partial charge in [0.2, 0.25) is 0 Å². The largest absolute Gasteiger partial charge is 0.384 e. The first kappa shape index (κ1) is 15.4. The first-order valence-electron chi connectivity index (χ1n) is 6.84. The number of nitrogen functional groups attached to an aromatic ring is 1. The summed E-state index contributed by atoms with van der Waals surface area (Å²) in [4.78, 5) is 7.48. The van der Waals surface area contributed by atoms with Gasteiger partial charge in [-0.15, -0.1) is 11.8 Å². The van der Waals surface area contributed by atoms with E-state index < -0.39 is 0 Å². The second-order valence-electron chi connectivity index (χ2n) is 4.67. The Hall–Kier alpha value is -2.01. The van der Waals surface area contributed by atoms with E-state index in [9.17, 15) is 0 Å². The number of aromatic nitrogens is 1. The predicted molar refractivity (Wildman–Crippen MR) is 90.2 cm³/mol. The molecule has 0 radical (unpaired) electrons. The van der Waals surface area contributed by atoms with E-state index in [1.165, 1.54) is 0 Å². The molecule has 2 rings (SSSR count). The Balaban J connectivity index is 2.34. The Morgan fingerprint density at radius 1 is 1.29 bits per heavy atom. The van der Waals surface area contributed by atoms with Gasteiger partial charge in [-0.05, 0) is 30.0 Å². The van der Waals surface area contributed by atoms with Crippen molar-refractivity contribution in [3.05, 3.63) is 53.9 Å². The molecule has 0 bridgehead atoms. The molecule has 5 heteroatoms. The molecule has 0 aliphatic heterocycles. The average Bonchev–Trinajstić information content (AvgIpc) is 2.48. The molecule has 4 nitrogen and oxygen atoms in total. The fourth-order valence-electron chi connectivity index (χ4n) is 2.20. The molecule has 0 amide bonds. The Morgan fingerprint density at radius 3 is 2.71 bits per heavy atom. The Bertz CT molecular complexity index is 613. The number of nitrogens with two attached hydrogens (primary N) is 1. The predicted octanol–water partition coefficient (Wildman–Crippen LogP) is 3.11. The minimum atomic E-state index is 0.106. The number of benzene rings is 1. The van der Waals surface area contributed by atoms with Gasteiger partial charge in [-0.25, -0.2) is 0 Å². The van der Waals surface area contributed by atoms with E-state index in [-0.39, 0.29) is 5.84 Å². The number of thioether (sulfide) groups is 1. The van der Waals surface area contributed by atoms with Crippen molar-refractivity contribution >= 4 is 23.3 Å². The number of nitrogens with zero attached hydrogens (tertiary/aromatic N) is 2. The van der Waals surface area contributed by atoms with Gasteiger partial charge in [0.05, 0.1) is 17.8 Å². The zero-order valence-electron chi connectivity index (χ0n) is 12.3. The Labute approximate surface area is 129 Å². The highest BCUT2D eigenvalue weighted by Gasteiger charge is 2.15. The molecule has 0 spiro atoms. The van der Waals surface area contributed by atoms with Crippen molar-refractivity contribution in [1.82, 2.24) is 4.98 Å². The lowest BCUT2D eigenvalue weighted by Gasteiger charge is -2.23. The fourth-order valence-corrected chi connectivity index (χ4v) is 3.05. The van der Waals surface area contributed by atoms with Crippen LogP contribution in [-0.4, -0.2) is 23.6 Å². The summed E-state index contributed by atoms with van der Waals surface area (Å²) in [5.41, 5.74) is 8.57. The number of rotatable bonds is 6. The van der Waals surface area contributed by atoms with Crippen LogP contribution in [0.1, 0.15) is 18.2 Å². The lowest BCUT2D eigenvalue weighted by Crippen LogP contribution is -2.23. The molecule has 1 aromatic heterocycles. The van der Waals surface area contributed by atoms with Gasteiger partial charge in [-0.1, -0.05) is 19.1 Å². The van der Waals surface area contributed by atoms with Gasteiger partial charge in [0, 0.05) is 23.8 Å². The molecule has 0 fully saturated rings. The summed E-state index contributed by atoms with van der Waals surface area (Å²) >= 11 is 1.70. The molecule has 0 aliphatic rings. The fraction of sp³-hybridized carbons (Fsp3) is 0.250. The van der Waals surface area contributed by atoms with Crippen LogP contribution in [0.15, 0.2) is 47.5 Å². The van der Waals surface area contributed by atoms with Gasteiger partial charge < -0.3 is 10.6 Å². The number of anilines is 1. The summed E-state index contributed by atoms with van der Waals surface area (Å²) in [7, 11) is 2.00. The first-order chi connectivity index (χ1) is 10.1. The molecule has 1 heterocycles. The van der Waals surface area contributed by atoms with Crippen LogP contribution >= 0.6 is 11.8 Å². The standard InChI is InChI=1S/C16H20N4S/c1-3-21-14-9-6-8-13(15(14)16(17)18)20(2)11-12-7-4-5-10-19-12/h4-10H,3,11H2,1-2H3,(H3,17,18). The van der Waals surface area contributed by atoms with Gasteiger partial charge in [-0.3, -0.25) is 10.4 Å². The smallest absolute Gasteiger partial charge is 0.126 e. The second kappa shape index (κ2) is 7.13. The van der Waals surface area contributed by atoms with Crippen LogP contribution in [0.5, 0.6) is 0 Å². The first-order valence-corrected chi connectivity index (χ1v) is 7.83. The van der Waals surface area contributed by atoms with Gasteiger partial charge in [0.25, 0.3) is 0 Å². The third-order valence-electron chi connectivity index (χ3n) is 3.11. The number of nitrogens with one attached hydrogen (secondary N) is 1. The minimum Gasteiger partial charge on any atom is -0.384 e. The summed E-state index contributed by atoms with van der Waals surface area (Å²) in [6.45, 7) is 2.78. The molecule has 0 saturated carbocycles. The van der Waals surface area contributed by atoms with Crippen molar-refractivity contribution in [3.8, 4) is 0 Å². The molecule has 2 aromatic rings. The van der Waals surface area contributed by atoms with E-state index in [1.807, 2.05) is 43.4 Å². The summed E-state index contributed by atoms with van der Waals surface area (Å²) in [5.74, 6) is 1.06. The number of pyridine rings is 1. The van der Waals surface area contributed by atoms with Gasteiger partial charge in [0.1, 0.15) is 5.84 Å². The molecule has 21 heavy (non-hydrogen) atoms. The lowest BCUT2D eigenvalue weighted by molar-refractivity contribution is 0.881. The maximum Gasteiger partial charge on any atom is 0.126 e. The second-order valence-corrected chi connectivity index (χ2v) is 5.98. The van der Waals surface area contributed by atoms with Crippen molar-refractivity contribution in [3.63, 3.8) is 0 Å². The van der Waals surface area contributed by atoms with E-state index in [4.69, 9.17) is 11.1 Å². The monoisotopic (exact) mass is 300 g/mol. The quantitative estimate of drug-likeness (QED) is 0.489. The summed E-state index contributed by atoms with van der Waals surface area (Å²) < 4.78 is 0. The van der Waals surface area contributed by atoms with Crippen LogP contribution in [0.3, 0.4) is 0 Å². The van der Waals surface area contributed by atoms with Crippen molar-refractivity contribution < 1.29 is 0 Å². The summed E-state index contributed by atoms with van der Waals surface area (Å²) in [6, 6.07) is 11.9. The van der Waals surface area contributed by atoms with Gasteiger partial charge in [-0.2, -0.15) is 0 Å². The normalized spacial score (nSPS) is 10.4. The third kappa shape index (κ3) is 3.76. The molecule has 0 atom stereocenters. The zero-order valence-corrected chi connectivity index (χ0v) is 13.2. The topological polar surface area (TPSA) is 66.0 Å². The number of hydrogen-bond acceptors (Lipinski definition) is 4. The van der Waals surface area contributed by atoms with E-state index >= 15 is 0 Å². The van der Waals surface area contributed by atoms with Crippen molar-refractivity contribution in [2.75, 3.05) is 17.7 Å². The number of amidine groups is 1.